The first-order valence-corrected chi connectivity index (χ1v) is 8.48. The van der Waals surface area contributed by atoms with Crippen LogP contribution in [-0.4, -0.2) is 48.9 Å². The summed E-state index contributed by atoms with van der Waals surface area (Å²) < 4.78 is 0. The predicted octanol–water partition coefficient (Wildman–Crippen LogP) is 1.86. The number of benzene rings is 1. The number of hydrogen-bond acceptors (Lipinski definition) is 4. The Labute approximate surface area is 155 Å². The van der Waals surface area contributed by atoms with E-state index in [2.05, 4.69) is 29.4 Å². The van der Waals surface area contributed by atoms with Crippen LogP contribution in [0, 0.1) is 5.41 Å². The third-order valence-corrected chi connectivity index (χ3v) is 4.50. The average Bonchev–Trinajstić information content (AvgIpc) is 2.51. The van der Waals surface area contributed by atoms with E-state index in [0.717, 1.165) is 19.5 Å². The summed E-state index contributed by atoms with van der Waals surface area (Å²) in [4.78, 5) is 26.3. The number of rotatable bonds is 5. The number of hydrogen-bond donors (Lipinski definition) is 3. The highest BCUT2D eigenvalue weighted by Gasteiger charge is 2.33. The average molecular weight is 369 g/mol. The van der Waals surface area contributed by atoms with Crippen molar-refractivity contribution in [2.24, 2.45) is 11.1 Å². The SMILES string of the molecule is CCNC(=O)c1cccc(NC(=O)CN2CCC(N)C(C)(C)C2)c1.Cl. The standard InChI is InChI=1S/C18H28N4O2.ClH/c1-4-20-17(24)13-6-5-7-14(10-13)21-16(23)11-22-9-8-15(19)18(2,3)12-22;/h5-7,10,15H,4,8-9,11-12,19H2,1-3H3,(H,20,24)(H,21,23);1H. The van der Waals surface area contributed by atoms with Gasteiger partial charge in [0.15, 0.2) is 0 Å². The molecule has 0 aromatic heterocycles. The molecule has 2 rings (SSSR count). The Morgan fingerprint density at radius 2 is 2.08 bits per heavy atom. The van der Waals surface area contributed by atoms with E-state index in [1.807, 2.05) is 6.92 Å². The van der Waals surface area contributed by atoms with Crippen molar-refractivity contribution in [2.45, 2.75) is 33.2 Å². The third-order valence-electron chi connectivity index (χ3n) is 4.50. The smallest absolute Gasteiger partial charge is 0.251 e. The molecule has 1 aliphatic heterocycles. The molecule has 1 saturated heterocycles. The van der Waals surface area contributed by atoms with E-state index in [9.17, 15) is 9.59 Å². The number of halogens is 1. The van der Waals surface area contributed by atoms with E-state index in [-0.39, 0.29) is 35.7 Å². The Bertz CT molecular complexity index is 606. The van der Waals surface area contributed by atoms with Crippen LogP contribution in [0.3, 0.4) is 0 Å². The van der Waals surface area contributed by atoms with E-state index in [0.29, 0.717) is 24.3 Å². The summed E-state index contributed by atoms with van der Waals surface area (Å²) in [6.07, 6.45) is 0.896. The van der Waals surface area contributed by atoms with Gasteiger partial charge in [-0.05, 0) is 37.0 Å². The van der Waals surface area contributed by atoms with Gasteiger partial charge in [-0.25, -0.2) is 0 Å². The van der Waals surface area contributed by atoms with Crippen LogP contribution < -0.4 is 16.4 Å². The molecule has 0 aliphatic carbocycles. The molecule has 7 heteroatoms. The van der Waals surface area contributed by atoms with Gasteiger partial charge < -0.3 is 16.4 Å². The zero-order valence-electron chi connectivity index (χ0n) is 15.2. The minimum atomic E-state index is -0.139. The van der Waals surface area contributed by atoms with Gasteiger partial charge in [-0.2, -0.15) is 0 Å². The molecule has 1 aromatic carbocycles. The topological polar surface area (TPSA) is 87.5 Å². The number of amides is 2. The number of nitrogens with two attached hydrogens (primary N) is 1. The third kappa shape index (κ3) is 5.99. The molecule has 0 bridgehead atoms. The van der Waals surface area contributed by atoms with Crippen LogP contribution >= 0.6 is 12.4 Å². The van der Waals surface area contributed by atoms with Crippen molar-refractivity contribution >= 4 is 29.9 Å². The number of carbonyl (C=O) groups is 2. The van der Waals surface area contributed by atoms with Crippen LogP contribution in [0.2, 0.25) is 0 Å². The van der Waals surface area contributed by atoms with Gasteiger partial charge in [-0.3, -0.25) is 14.5 Å². The number of piperidine rings is 1. The van der Waals surface area contributed by atoms with Crippen LogP contribution in [0.1, 0.15) is 37.6 Å². The minimum Gasteiger partial charge on any atom is -0.352 e. The molecule has 1 fully saturated rings. The van der Waals surface area contributed by atoms with Crippen molar-refractivity contribution in [1.29, 1.82) is 0 Å². The highest BCUT2D eigenvalue weighted by Crippen LogP contribution is 2.27. The zero-order valence-corrected chi connectivity index (χ0v) is 16.0. The van der Waals surface area contributed by atoms with Gasteiger partial charge in [0.2, 0.25) is 5.91 Å². The summed E-state index contributed by atoms with van der Waals surface area (Å²) in [5, 5.41) is 5.62. The fraction of sp³-hybridized carbons (Fsp3) is 0.556. The molecule has 6 nitrogen and oxygen atoms in total. The van der Waals surface area contributed by atoms with Crippen LogP contribution in [0.5, 0.6) is 0 Å². The molecule has 1 aliphatic rings. The van der Waals surface area contributed by atoms with Crippen molar-refractivity contribution in [3.8, 4) is 0 Å². The first-order valence-electron chi connectivity index (χ1n) is 8.48. The Balaban J connectivity index is 0.00000312. The van der Waals surface area contributed by atoms with Crippen LogP contribution in [0.4, 0.5) is 5.69 Å². The second kappa shape index (κ2) is 9.17. The number of carbonyl (C=O) groups excluding carboxylic acids is 2. The van der Waals surface area contributed by atoms with E-state index in [1.54, 1.807) is 24.3 Å². The Hall–Kier alpha value is -1.63. The van der Waals surface area contributed by atoms with Gasteiger partial charge >= 0.3 is 0 Å². The van der Waals surface area contributed by atoms with Crippen molar-refractivity contribution in [1.82, 2.24) is 10.2 Å². The summed E-state index contributed by atoms with van der Waals surface area (Å²) in [7, 11) is 0. The summed E-state index contributed by atoms with van der Waals surface area (Å²) >= 11 is 0. The Morgan fingerprint density at radius 1 is 1.36 bits per heavy atom. The molecule has 140 valence electrons. The molecular formula is C18H29ClN4O2. The lowest BCUT2D eigenvalue weighted by molar-refractivity contribution is -0.118. The van der Waals surface area contributed by atoms with Crippen LogP contribution in [0.25, 0.3) is 0 Å². The van der Waals surface area contributed by atoms with Gasteiger partial charge in [-0.15, -0.1) is 12.4 Å². The predicted molar refractivity (Wildman–Crippen MR) is 103 cm³/mol. The zero-order chi connectivity index (χ0) is 17.7. The fourth-order valence-corrected chi connectivity index (χ4v) is 3.02. The van der Waals surface area contributed by atoms with Crippen molar-refractivity contribution in [2.75, 3.05) is 31.5 Å². The van der Waals surface area contributed by atoms with E-state index in [1.165, 1.54) is 0 Å². The van der Waals surface area contributed by atoms with Crippen molar-refractivity contribution < 1.29 is 9.59 Å². The van der Waals surface area contributed by atoms with Crippen molar-refractivity contribution in [3.63, 3.8) is 0 Å². The van der Waals surface area contributed by atoms with Gasteiger partial charge in [0.05, 0.1) is 6.54 Å². The molecule has 1 atom stereocenters. The lowest BCUT2D eigenvalue weighted by Crippen LogP contribution is -2.53. The highest BCUT2D eigenvalue weighted by molar-refractivity contribution is 5.97. The fourth-order valence-electron chi connectivity index (χ4n) is 3.02. The van der Waals surface area contributed by atoms with Crippen LogP contribution in [0.15, 0.2) is 24.3 Å². The Morgan fingerprint density at radius 3 is 2.72 bits per heavy atom. The Kier molecular flexibility index (Phi) is 7.86. The molecular weight excluding hydrogens is 340 g/mol. The normalized spacial score (nSPS) is 19.6. The molecule has 2 amide bonds. The maximum absolute atomic E-state index is 12.3. The molecule has 25 heavy (non-hydrogen) atoms. The number of nitrogens with one attached hydrogen (secondary N) is 2. The molecule has 0 saturated carbocycles. The summed E-state index contributed by atoms with van der Waals surface area (Å²) in [6.45, 7) is 8.69. The second-order valence-electron chi connectivity index (χ2n) is 7.08. The van der Waals surface area contributed by atoms with Crippen molar-refractivity contribution in [3.05, 3.63) is 29.8 Å². The largest absolute Gasteiger partial charge is 0.352 e. The van der Waals surface area contributed by atoms with E-state index >= 15 is 0 Å². The summed E-state index contributed by atoms with van der Waals surface area (Å²) in [5.74, 6) is -0.213. The quantitative estimate of drug-likeness (QED) is 0.740. The van der Waals surface area contributed by atoms with E-state index < -0.39 is 0 Å². The molecule has 1 heterocycles. The molecule has 1 aromatic rings. The monoisotopic (exact) mass is 368 g/mol. The van der Waals surface area contributed by atoms with Gasteiger partial charge in [0.1, 0.15) is 0 Å². The van der Waals surface area contributed by atoms with Gasteiger partial charge in [-0.1, -0.05) is 19.9 Å². The summed E-state index contributed by atoms with van der Waals surface area (Å²) in [6, 6.07) is 7.15. The van der Waals surface area contributed by atoms with Gasteiger partial charge in [0.25, 0.3) is 5.91 Å². The van der Waals surface area contributed by atoms with Crippen LogP contribution in [-0.2, 0) is 4.79 Å². The lowest BCUT2D eigenvalue weighted by Gasteiger charge is -2.42. The molecule has 0 spiro atoms. The first kappa shape index (κ1) is 21.4. The number of anilines is 1. The van der Waals surface area contributed by atoms with E-state index in [4.69, 9.17) is 5.73 Å². The summed E-state index contributed by atoms with van der Waals surface area (Å²) in [5.41, 5.74) is 7.32. The minimum absolute atomic E-state index is 0. The maximum atomic E-state index is 12.3. The molecule has 4 N–H and O–H groups in total. The first-order chi connectivity index (χ1) is 11.3. The highest BCUT2D eigenvalue weighted by atomic mass is 35.5. The lowest BCUT2D eigenvalue weighted by atomic mass is 9.80. The number of nitrogens with zero attached hydrogens (tertiary/aromatic N) is 1. The second-order valence-corrected chi connectivity index (χ2v) is 7.08. The van der Waals surface area contributed by atoms with Gasteiger partial charge in [0, 0.05) is 36.9 Å². The maximum Gasteiger partial charge on any atom is 0.251 e. The molecule has 1 unspecified atom stereocenters. The number of likely N-dealkylation sites (tertiary alicyclic amines) is 1. The molecule has 0 radical (unpaired) electrons.